The average molecular weight is 434 g/mol. The first-order valence-electron chi connectivity index (χ1n) is 8.49. The van der Waals surface area contributed by atoms with Gasteiger partial charge in [0.05, 0.1) is 7.11 Å². The van der Waals surface area contributed by atoms with Crippen LogP contribution in [0.25, 0.3) is 16.3 Å². The van der Waals surface area contributed by atoms with Gasteiger partial charge in [0.15, 0.2) is 15.1 Å². The molecule has 10 heteroatoms. The molecular formula is C19H19N3O5S2. The number of methoxy groups -OCH3 is 1. The summed E-state index contributed by atoms with van der Waals surface area (Å²) in [5.74, 6) is 1.07. The largest absolute Gasteiger partial charge is 0.497 e. The molecule has 0 atom stereocenters. The van der Waals surface area contributed by atoms with E-state index in [9.17, 15) is 4.79 Å². The third-order valence-electron chi connectivity index (χ3n) is 3.93. The molecule has 0 fully saturated rings. The van der Waals surface area contributed by atoms with E-state index in [0.29, 0.717) is 21.5 Å². The van der Waals surface area contributed by atoms with E-state index in [2.05, 4.69) is 10.2 Å². The van der Waals surface area contributed by atoms with Gasteiger partial charge >= 0.3 is 0 Å². The van der Waals surface area contributed by atoms with Gasteiger partial charge in [-0.15, -0.1) is 10.2 Å². The molecule has 29 heavy (non-hydrogen) atoms. The molecule has 0 amide bonds. The van der Waals surface area contributed by atoms with Gasteiger partial charge in [0.1, 0.15) is 11.5 Å². The molecule has 3 rings (SSSR count). The van der Waals surface area contributed by atoms with Crippen LogP contribution in [-0.4, -0.2) is 33.5 Å². The summed E-state index contributed by atoms with van der Waals surface area (Å²) in [6, 6.07) is 8.71. The first-order valence-corrected chi connectivity index (χ1v) is 10.2. The molecule has 8 nitrogen and oxygen atoms in total. The van der Waals surface area contributed by atoms with E-state index < -0.39 is 0 Å². The maximum atomic E-state index is 11.8. The highest BCUT2D eigenvalue weighted by Gasteiger charge is 2.14. The SMILES string of the molecule is COc1ccc(C(=CSc2nnc(-c3ccc(N(O)O)o3)s2)CC(C)=O)c(C)c1. The number of benzene rings is 1. The number of aromatic nitrogens is 2. The quantitative estimate of drug-likeness (QED) is 0.382. The Kier molecular flexibility index (Phi) is 6.70. The van der Waals surface area contributed by atoms with Crippen molar-refractivity contribution in [2.24, 2.45) is 0 Å². The maximum Gasteiger partial charge on any atom is 0.247 e. The van der Waals surface area contributed by atoms with Crippen LogP contribution >= 0.6 is 23.1 Å². The first kappa shape index (κ1) is 21.1. The molecule has 2 aromatic heterocycles. The molecule has 0 bridgehead atoms. The number of furan rings is 1. The fourth-order valence-corrected chi connectivity index (χ4v) is 4.27. The standard InChI is InChI=1S/C19H19N3O5S2/c1-11-8-14(26-3)4-5-15(11)13(9-12(2)23)10-28-19-21-20-18(29-19)16-6-7-17(27-16)22(24)25/h4-8,10,24-25H,9H2,1-3H3. The number of hydrogen-bond acceptors (Lipinski definition) is 10. The number of anilines is 1. The van der Waals surface area contributed by atoms with E-state index in [1.807, 2.05) is 30.5 Å². The summed E-state index contributed by atoms with van der Waals surface area (Å²) in [7, 11) is 1.62. The number of Topliss-reactive ketones (excluding diaryl/α,β-unsaturated/α-hetero) is 1. The summed E-state index contributed by atoms with van der Waals surface area (Å²) in [5, 5.41) is 28.5. The number of aryl methyl sites for hydroxylation is 1. The highest BCUT2D eigenvalue weighted by atomic mass is 32.2. The highest BCUT2D eigenvalue weighted by molar-refractivity contribution is 8.03. The van der Waals surface area contributed by atoms with Gasteiger partial charge in [0.25, 0.3) is 0 Å². The minimum Gasteiger partial charge on any atom is -0.497 e. The molecule has 0 aliphatic carbocycles. The van der Waals surface area contributed by atoms with Crippen LogP contribution in [-0.2, 0) is 4.79 Å². The van der Waals surface area contributed by atoms with E-state index in [0.717, 1.165) is 22.4 Å². The number of ether oxygens (including phenoxy) is 1. The van der Waals surface area contributed by atoms with Crippen LogP contribution in [0.3, 0.4) is 0 Å². The minimum atomic E-state index is -0.122. The van der Waals surface area contributed by atoms with E-state index >= 15 is 0 Å². The number of ketones is 1. The van der Waals surface area contributed by atoms with Crippen molar-refractivity contribution in [1.82, 2.24) is 10.2 Å². The Morgan fingerprint density at radius 1 is 1.31 bits per heavy atom. The van der Waals surface area contributed by atoms with Gasteiger partial charge in [-0.05, 0) is 54.2 Å². The van der Waals surface area contributed by atoms with Crippen molar-refractivity contribution in [2.45, 2.75) is 24.6 Å². The molecule has 1 aromatic carbocycles. The Labute approximate surface area is 175 Å². The van der Waals surface area contributed by atoms with Crippen molar-refractivity contribution in [2.75, 3.05) is 12.3 Å². The summed E-state index contributed by atoms with van der Waals surface area (Å²) < 4.78 is 11.2. The van der Waals surface area contributed by atoms with E-state index in [-0.39, 0.29) is 16.9 Å². The summed E-state index contributed by atoms with van der Waals surface area (Å²) in [6.45, 7) is 3.53. The number of nitrogens with zero attached hydrogens (tertiary/aromatic N) is 3. The second-order valence-electron chi connectivity index (χ2n) is 6.12. The van der Waals surface area contributed by atoms with Crippen LogP contribution in [0.5, 0.6) is 5.75 Å². The van der Waals surface area contributed by atoms with Crippen LogP contribution in [0.4, 0.5) is 5.88 Å². The molecule has 2 N–H and O–H groups in total. The minimum absolute atomic E-state index is 0.0608. The number of allylic oxidation sites excluding steroid dienone is 1. The zero-order chi connectivity index (χ0) is 21.0. The second kappa shape index (κ2) is 9.23. The lowest BCUT2D eigenvalue weighted by Crippen LogP contribution is -2.09. The van der Waals surface area contributed by atoms with Gasteiger partial charge in [0, 0.05) is 12.5 Å². The predicted molar refractivity (Wildman–Crippen MR) is 111 cm³/mol. The summed E-state index contributed by atoms with van der Waals surface area (Å²) in [6.07, 6.45) is 0.302. The lowest BCUT2D eigenvalue weighted by atomic mass is 9.98. The van der Waals surface area contributed by atoms with E-state index in [1.165, 1.54) is 29.2 Å². The van der Waals surface area contributed by atoms with Gasteiger partial charge in [-0.25, -0.2) is 0 Å². The summed E-state index contributed by atoms with van der Waals surface area (Å²) in [5.41, 5.74) is 2.87. The topological polar surface area (TPSA) is 109 Å². The molecule has 2 heterocycles. The van der Waals surface area contributed by atoms with Crippen LogP contribution in [0, 0.1) is 6.92 Å². The van der Waals surface area contributed by atoms with E-state index in [4.69, 9.17) is 19.6 Å². The summed E-state index contributed by atoms with van der Waals surface area (Å²) >= 11 is 2.65. The second-order valence-corrected chi connectivity index (χ2v) is 8.22. The molecule has 3 aromatic rings. The highest BCUT2D eigenvalue weighted by Crippen LogP contribution is 2.35. The first-order chi connectivity index (χ1) is 13.9. The zero-order valence-corrected chi connectivity index (χ0v) is 17.6. The predicted octanol–water partition coefficient (Wildman–Crippen LogP) is 4.81. The Balaban J connectivity index is 1.83. The number of rotatable bonds is 8. The number of carbonyl (C=O) groups is 1. The molecule has 0 spiro atoms. The summed E-state index contributed by atoms with van der Waals surface area (Å²) in [4.78, 5) is 11.8. The fourth-order valence-electron chi connectivity index (χ4n) is 2.62. The lowest BCUT2D eigenvalue weighted by molar-refractivity contribution is -0.116. The molecular weight excluding hydrogens is 414 g/mol. The Hall–Kier alpha value is -2.66. The Morgan fingerprint density at radius 2 is 2.10 bits per heavy atom. The maximum absolute atomic E-state index is 11.8. The van der Waals surface area contributed by atoms with Crippen molar-refractivity contribution in [3.63, 3.8) is 0 Å². The molecule has 0 unspecified atom stereocenters. The van der Waals surface area contributed by atoms with Crippen LogP contribution in [0.1, 0.15) is 24.5 Å². The molecule has 0 radical (unpaired) electrons. The van der Waals surface area contributed by atoms with Crippen LogP contribution in [0.15, 0.2) is 44.5 Å². The van der Waals surface area contributed by atoms with Gasteiger partial charge in [-0.3, -0.25) is 15.2 Å². The molecule has 0 saturated carbocycles. The fraction of sp³-hybridized carbons (Fsp3) is 0.211. The third kappa shape index (κ3) is 5.24. The molecule has 152 valence electrons. The van der Waals surface area contributed by atoms with Gasteiger partial charge in [-0.2, -0.15) is 0 Å². The van der Waals surface area contributed by atoms with Crippen LogP contribution in [0.2, 0.25) is 0 Å². The molecule has 0 aliphatic rings. The van der Waals surface area contributed by atoms with Crippen molar-refractivity contribution in [1.29, 1.82) is 0 Å². The lowest BCUT2D eigenvalue weighted by Gasteiger charge is -2.11. The average Bonchev–Trinajstić information content (AvgIpc) is 3.34. The number of thioether (sulfide) groups is 1. The monoisotopic (exact) mass is 433 g/mol. The Bertz CT molecular complexity index is 1040. The van der Waals surface area contributed by atoms with Crippen molar-refractivity contribution < 1.29 is 24.4 Å². The van der Waals surface area contributed by atoms with E-state index in [1.54, 1.807) is 20.1 Å². The van der Waals surface area contributed by atoms with Crippen molar-refractivity contribution >= 4 is 40.3 Å². The zero-order valence-electron chi connectivity index (χ0n) is 15.9. The third-order valence-corrected chi connectivity index (χ3v) is 5.88. The Morgan fingerprint density at radius 3 is 2.72 bits per heavy atom. The van der Waals surface area contributed by atoms with Gasteiger partial charge < -0.3 is 9.15 Å². The number of carbonyl (C=O) groups excluding carboxylic acids is 1. The molecule has 0 aliphatic heterocycles. The van der Waals surface area contributed by atoms with Gasteiger partial charge in [0.2, 0.25) is 5.88 Å². The smallest absolute Gasteiger partial charge is 0.247 e. The van der Waals surface area contributed by atoms with Gasteiger partial charge in [-0.1, -0.05) is 34.4 Å². The van der Waals surface area contributed by atoms with Crippen LogP contribution < -0.4 is 9.96 Å². The van der Waals surface area contributed by atoms with Crippen molar-refractivity contribution in [3.8, 4) is 16.5 Å². The van der Waals surface area contributed by atoms with Crippen molar-refractivity contribution in [3.05, 3.63) is 46.9 Å². The number of hydrogen-bond donors (Lipinski definition) is 2. The normalized spacial score (nSPS) is 11.6. The molecule has 0 saturated heterocycles.